The summed E-state index contributed by atoms with van der Waals surface area (Å²) in [6.07, 6.45) is 1.65. The van der Waals surface area contributed by atoms with E-state index in [1.54, 1.807) is 24.4 Å². The number of primary amides is 1. The Kier molecular flexibility index (Phi) is 1.73. The number of nitrogens with two attached hydrogens (primary N) is 1. The summed E-state index contributed by atoms with van der Waals surface area (Å²) in [6, 6.07) is 4.95. The van der Waals surface area contributed by atoms with E-state index in [0.29, 0.717) is 23.6 Å². The summed E-state index contributed by atoms with van der Waals surface area (Å²) in [7, 11) is 0. The Morgan fingerprint density at radius 1 is 1.54 bits per heavy atom. The first kappa shape index (κ1) is 7.79. The highest BCUT2D eigenvalue weighted by molar-refractivity contribution is 5.94. The van der Waals surface area contributed by atoms with Crippen LogP contribution in [0.15, 0.2) is 23.2 Å². The third-order valence-corrected chi connectivity index (χ3v) is 1.79. The van der Waals surface area contributed by atoms with E-state index in [0.717, 1.165) is 0 Å². The molecule has 0 saturated carbocycles. The van der Waals surface area contributed by atoms with Crippen LogP contribution >= 0.6 is 0 Å². The molecule has 0 atom stereocenters. The number of rotatable bonds is 1. The van der Waals surface area contributed by atoms with Gasteiger partial charge in [0.05, 0.1) is 0 Å². The molecule has 0 bridgehead atoms. The lowest BCUT2D eigenvalue weighted by molar-refractivity contribution is 0.100. The van der Waals surface area contributed by atoms with E-state index in [2.05, 4.69) is 4.99 Å². The van der Waals surface area contributed by atoms with Gasteiger partial charge in [-0.3, -0.25) is 9.79 Å². The third kappa shape index (κ3) is 1.38. The normalized spacial score (nSPS) is 13.2. The molecule has 1 aromatic rings. The Balaban J connectivity index is 2.48. The van der Waals surface area contributed by atoms with Crippen LogP contribution in [0.4, 0.5) is 5.69 Å². The molecule has 4 nitrogen and oxygen atoms in total. The molecule has 1 heterocycles. The van der Waals surface area contributed by atoms with Crippen molar-refractivity contribution in [1.29, 1.82) is 0 Å². The fourth-order valence-electron chi connectivity index (χ4n) is 1.16. The van der Waals surface area contributed by atoms with Crippen molar-refractivity contribution in [3.63, 3.8) is 0 Å². The summed E-state index contributed by atoms with van der Waals surface area (Å²) in [4.78, 5) is 14.9. The maximum absolute atomic E-state index is 10.8. The molecule has 1 aromatic carbocycles. The van der Waals surface area contributed by atoms with Crippen LogP contribution in [0.25, 0.3) is 0 Å². The number of ether oxygens (including phenoxy) is 1. The molecule has 0 aromatic heterocycles. The van der Waals surface area contributed by atoms with Crippen LogP contribution in [0.2, 0.25) is 0 Å². The second-order valence-corrected chi connectivity index (χ2v) is 2.67. The van der Waals surface area contributed by atoms with Crippen molar-refractivity contribution in [2.24, 2.45) is 10.7 Å². The average Bonchev–Trinajstić information content (AvgIpc) is 2.17. The summed E-state index contributed by atoms with van der Waals surface area (Å²) in [5.74, 6) is 0.232. The maximum Gasteiger partial charge on any atom is 0.248 e. The highest BCUT2D eigenvalue weighted by Gasteiger charge is 2.09. The Labute approximate surface area is 75.0 Å². The molecule has 0 spiro atoms. The fraction of sp³-hybridized carbons (Fsp3) is 0.111. The van der Waals surface area contributed by atoms with E-state index in [1.807, 2.05) is 0 Å². The van der Waals surface area contributed by atoms with Gasteiger partial charge in [-0.2, -0.15) is 0 Å². The molecule has 0 unspecified atom stereocenters. The van der Waals surface area contributed by atoms with Gasteiger partial charge >= 0.3 is 0 Å². The zero-order chi connectivity index (χ0) is 9.26. The Bertz CT molecular complexity index is 385. The predicted octanol–water partition coefficient (Wildman–Crippen LogP) is 0.880. The molecule has 1 aliphatic rings. The predicted molar refractivity (Wildman–Crippen MR) is 48.6 cm³/mol. The SMILES string of the molecule is NC(=O)c1ccc2c(c1)N=CCO2. The number of carbonyl (C=O) groups excluding carboxylic acids is 1. The van der Waals surface area contributed by atoms with Crippen LogP contribution in [-0.4, -0.2) is 18.7 Å². The van der Waals surface area contributed by atoms with Crippen LogP contribution < -0.4 is 10.5 Å². The minimum absolute atomic E-state index is 0.446. The number of hydrogen-bond acceptors (Lipinski definition) is 3. The molecule has 0 fully saturated rings. The zero-order valence-electron chi connectivity index (χ0n) is 6.86. The van der Waals surface area contributed by atoms with Crippen molar-refractivity contribution >= 4 is 17.8 Å². The van der Waals surface area contributed by atoms with Gasteiger partial charge in [-0.25, -0.2) is 0 Å². The van der Waals surface area contributed by atoms with Gasteiger partial charge in [0.2, 0.25) is 5.91 Å². The molecular formula is C9H8N2O2. The molecule has 66 valence electrons. The lowest BCUT2D eigenvalue weighted by atomic mass is 10.2. The second-order valence-electron chi connectivity index (χ2n) is 2.67. The summed E-state index contributed by atoms with van der Waals surface area (Å²) < 4.78 is 5.26. The molecule has 0 saturated heterocycles. The molecule has 1 amide bonds. The summed E-state index contributed by atoms with van der Waals surface area (Å²) in [6.45, 7) is 0.475. The third-order valence-electron chi connectivity index (χ3n) is 1.79. The number of carbonyl (C=O) groups is 1. The lowest BCUT2D eigenvalue weighted by Gasteiger charge is -2.11. The summed E-state index contributed by atoms with van der Waals surface area (Å²) in [5, 5.41) is 0. The van der Waals surface area contributed by atoms with Crippen LogP contribution in [0.1, 0.15) is 10.4 Å². The van der Waals surface area contributed by atoms with Gasteiger partial charge in [-0.15, -0.1) is 0 Å². The van der Waals surface area contributed by atoms with Crippen molar-refractivity contribution in [2.75, 3.05) is 6.61 Å². The van der Waals surface area contributed by atoms with E-state index in [1.165, 1.54) is 0 Å². The monoisotopic (exact) mass is 176 g/mol. The molecule has 4 heteroatoms. The number of nitrogens with zero attached hydrogens (tertiary/aromatic N) is 1. The largest absolute Gasteiger partial charge is 0.486 e. The second kappa shape index (κ2) is 2.90. The first-order valence-corrected chi connectivity index (χ1v) is 3.86. The number of hydrogen-bond donors (Lipinski definition) is 1. The molecule has 13 heavy (non-hydrogen) atoms. The van der Waals surface area contributed by atoms with E-state index in [4.69, 9.17) is 10.5 Å². The Morgan fingerprint density at radius 3 is 3.15 bits per heavy atom. The molecule has 2 rings (SSSR count). The van der Waals surface area contributed by atoms with Crippen molar-refractivity contribution in [3.05, 3.63) is 23.8 Å². The van der Waals surface area contributed by atoms with Crippen LogP contribution in [-0.2, 0) is 0 Å². The van der Waals surface area contributed by atoms with E-state index < -0.39 is 5.91 Å². The Morgan fingerprint density at radius 2 is 2.38 bits per heavy atom. The maximum atomic E-state index is 10.8. The lowest BCUT2D eigenvalue weighted by Crippen LogP contribution is -2.11. The van der Waals surface area contributed by atoms with Gasteiger partial charge in [-0.1, -0.05) is 0 Å². The molecular weight excluding hydrogens is 168 g/mol. The average molecular weight is 176 g/mol. The smallest absolute Gasteiger partial charge is 0.248 e. The van der Waals surface area contributed by atoms with Gasteiger partial charge in [0.25, 0.3) is 0 Å². The number of fused-ring (bicyclic) bond motifs is 1. The standard InChI is InChI=1S/C9H8N2O2/c10-9(12)6-1-2-8-7(5-6)11-3-4-13-8/h1-3,5H,4H2,(H2,10,12). The molecule has 0 aliphatic carbocycles. The minimum Gasteiger partial charge on any atom is -0.486 e. The van der Waals surface area contributed by atoms with E-state index in [-0.39, 0.29) is 0 Å². The fourth-order valence-corrected chi connectivity index (χ4v) is 1.16. The summed E-state index contributed by atoms with van der Waals surface area (Å²) in [5.41, 5.74) is 6.22. The van der Waals surface area contributed by atoms with Crippen molar-refractivity contribution < 1.29 is 9.53 Å². The first-order chi connectivity index (χ1) is 6.27. The topological polar surface area (TPSA) is 64.7 Å². The number of aliphatic imine (C=N–C) groups is 1. The quantitative estimate of drug-likeness (QED) is 0.690. The summed E-state index contributed by atoms with van der Waals surface area (Å²) >= 11 is 0. The highest BCUT2D eigenvalue weighted by atomic mass is 16.5. The van der Waals surface area contributed by atoms with Crippen molar-refractivity contribution in [1.82, 2.24) is 0 Å². The van der Waals surface area contributed by atoms with Gasteiger partial charge in [0.1, 0.15) is 18.0 Å². The van der Waals surface area contributed by atoms with E-state index >= 15 is 0 Å². The van der Waals surface area contributed by atoms with Gasteiger partial charge in [0, 0.05) is 11.8 Å². The Hall–Kier alpha value is -1.84. The molecule has 1 aliphatic heterocycles. The zero-order valence-corrected chi connectivity index (χ0v) is 6.86. The molecule has 2 N–H and O–H groups in total. The van der Waals surface area contributed by atoms with Gasteiger partial charge in [-0.05, 0) is 18.2 Å². The van der Waals surface area contributed by atoms with E-state index in [9.17, 15) is 4.79 Å². The van der Waals surface area contributed by atoms with Gasteiger partial charge < -0.3 is 10.5 Å². The number of amides is 1. The van der Waals surface area contributed by atoms with Crippen LogP contribution in [0, 0.1) is 0 Å². The first-order valence-electron chi connectivity index (χ1n) is 3.86. The van der Waals surface area contributed by atoms with Crippen LogP contribution in [0.5, 0.6) is 5.75 Å². The van der Waals surface area contributed by atoms with Gasteiger partial charge in [0.15, 0.2) is 0 Å². The van der Waals surface area contributed by atoms with Crippen LogP contribution in [0.3, 0.4) is 0 Å². The van der Waals surface area contributed by atoms with Crippen molar-refractivity contribution in [3.8, 4) is 5.75 Å². The minimum atomic E-state index is -0.455. The number of benzene rings is 1. The molecule has 0 radical (unpaired) electrons. The van der Waals surface area contributed by atoms with Crippen molar-refractivity contribution in [2.45, 2.75) is 0 Å². The highest BCUT2D eigenvalue weighted by Crippen LogP contribution is 2.29.